The summed E-state index contributed by atoms with van der Waals surface area (Å²) in [6, 6.07) is 8.07. The van der Waals surface area contributed by atoms with E-state index in [0.717, 1.165) is 48.6 Å². The van der Waals surface area contributed by atoms with Crippen LogP contribution in [0.1, 0.15) is 33.0 Å². The number of ether oxygens (including phenoxy) is 1. The van der Waals surface area contributed by atoms with Crippen molar-refractivity contribution in [2.45, 2.75) is 33.7 Å². The van der Waals surface area contributed by atoms with Crippen molar-refractivity contribution in [1.29, 1.82) is 0 Å². The van der Waals surface area contributed by atoms with E-state index in [1.807, 2.05) is 18.2 Å². The summed E-state index contributed by atoms with van der Waals surface area (Å²) in [4.78, 5) is 0. The molecule has 3 heteroatoms. The third-order valence-corrected chi connectivity index (χ3v) is 2.86. The van der Waals surface area contributed by atoms with Gasteiger partial charge in [-0.2, -0.15) is 0 Å². The monoisotopic (exact) mass is 261 g/mol. The zero-order chi connectivity index (χ0) is 13.7. The van der Waals surface area contributed by atoms with Crippen molar-refractivity contribution in [2.75, 3.05) is 13.2 Å². The van der Waals surface area contributed by atoms with Gasteiger partial charge in [0.25, 0.3) is 0 Å². The summed E-state index contributed by atoms with van der Waals surface area (Å²) in [6.45, 7) is 9.03. The molecule has 0 aliphatic rings. The lowest BCUT2D eigenvalue weighted by molar-refractivity contribution is 0.318. The highest BCUT2D eigenvalue weighted by Gasteiger charge is 2.05. The molecule has 0 saturated carbocycles. The summed E-state index contributed by atoms with van der Waals surface area (Å²) in [5.74, 6) is 2.54. The number of furan rings is 1. The highest BCUT2D eigenvalue weighted by Crippen LogP contribution is 2.24. The lowest BCUT2D eigenvalue weighted by Gasteiger charge is -2.04. The van der Waals surface area contributed by atoms with Crippen LogP contribution in [0, 0.1) is 5.92 Å². The largest absolute Gasteiger partial charge is 0.494 e. The van der Waals surface area contributed by atoms with Crippen LogP contribution in [0.2, 0.25) is 0 Å². The fraction of sp³-hybridized carbons (Fsp3) is 0.500. The highest BCUT2D eigenvalue weighted by atomic mass is 16.5. The van der Waals surface area contributed by atoms with E-state index < -0.39 is 0 Å². The lowest BCUT2D eigenvalue weighted by Crippen LogP contribution is -2.18. The molecule has 1 heterocycles. The first-order chi connectivity index (χ1) is 9.19. The predicted molar refractivity (Wildman–Crippen MR) is 78.5 cm³/mol. The van der Waals surface area contributed by atoms with Crippen molar-refractivity contribution >= 4 is 11.0 Å². The van der Waals surface area contributed by atoms with Crippen LogP contribution in [0.15, 0.2) is 28.7 Å². The number of nitrogens with one attached hydrogen (secondary N) is 1. The molecule has 0 aliphatic heterocycles. The van der Waals surface area contributed by atoms with Crippen molar-refractivity contribution in [3.05, 3.63) is 30.0 Å². The molecule has 19 heavy (non-hydrogen) atoms. The fourth-order valence-corrected chi connectivity index (χ4v) is 1.96. The molecule has 1 N–H and O–H groups in total. The molecule has 3 nitrogen and oxygen atoms in total. The number of hydrogen-bond acceptors (Lipinski definition) is 3. The molecular formula is C16H23NO2. The Morgan fingerprint density at radius 2 is 2.11 bits per heavy atom. The second kappa shape index (κ2) is 6.62. The van der Waals surface area contributed by atoms with Crippen LogP contribution >= 0.6 is 0 Å². The van der Waals surface area contributed by atoms with Gasteiger partial charge in [0.2, 0.25) is 0 Å². The molecule has 1 aromatic carbocycles. The van der Waals surface area contributed by atoms with E-state index in [4.69, 9.17) is 9.15 Å². The summed E-state index contributed by atoms with van der Waals surface area (Å²) >= 11 is 0. The zero-order valence-electron chi connectivity index (χ0n) is 12.0. The van der Waals surface area contributed by atoms with Crippen LogP contribution in [-0.2, 0) is 6.54 Å². The molecule has 0 fully saturated rings. The van der Waals surface area contributed by atoms with Gasteiger partial charge in [-0.3, -0.25) is 0 Å². The van der Waals surface area contributed by atoms with E-state index in [-0.39, 0.29) is 0 Å². The van der Waals surface area contributed by atoms with Gasteiger partial charge in [0.1, 0.15) is 17.1 Å². The SMILES string of the molecule is CCCOc1ccc2oc(CNCC(C)C)cc2c1. The lowest BCUT2D eigenvalue weighted by atomic mass is 10.2. The second-order valence-electron chi connectivity index (χ2n) is 5.29. The van der Waals surface area contributed by atoms with Crippen molar-refractivity contribution in [2.24, 2.45) is 5.92 Å². The van der Waals surface area contributed by atoms with Crippen LogP contribution in [0.3, 0.4) is 0 Å². The van der Waals surface area contributed by atoms with Crippen molar-refractivity contribution < 1.29 is 9.15 Å². The van der Waals surface area contributed by atoms with Gasteiger partial charge in [0.05, 0.1) is 13.2 Å². The molecule has 0 aliphatic carbocycles. The van der Waals surface area contributed by atoms with Crippen molar-refractivity contribution in [3.8, 4) is 5.75 Å². The molecule has 0 saturated heterocycles. The Balaban J connectivity index is 2.03. The van der Waals surface area contributed by atoms with E-state index >= 15 is 0 Å². The minimum atomic E-state index is 0.651. The fourth-order valence-electron chi connectivity index (χ4n) is 1.96. The van der Waals surface area contributed by atoms with E-state index in [1.165, 1.54) is 0 Å². The minimum absolute atomic E-state index is 0.651. The summed E-state index contributed by atoms with van der Waals surface area (Å²) in [5, 5.41) is 4.49. The molecule has 0 atom stereocenters. The molecule has 0 radical (unpaired) electrons. The summed E-state index contributed by atoms with van der Waals surface area (Å²) in [6.07, 6.45) is 1.02. The third kappa shape index (κ3) is 4.00. The molecule has 0 spiro atoms. The van der Waals surface area contributed by atoms with E-state index in [0.29, 0.717) is 5.92 Å². The van der Waals surface area contributed by atoms with Gasteiger partial charge in [0.15, 0.2) is 0 Å². The predicted octanol–water partition coefficient (Wildman–Crippen LogP) is 3.97. The maximum Gasteiger partial charge on any atom is 0.134 e. The zero-order valence-corrected chi connectivity index (χ0v) is 12.0. The van der Waals surface area contributed by atoms with Crippen molar-refractivity contribution in [3.63, 3.8) is 0 Å². The number of fused-ring (bicyclic) bond motifs is 1. The van der Waals surface area contributed by atoms with E-state index in [1.54, 1.807) is 0 Å². The smallest absolute Gasteiger partial charge is 0.134 e. The van der Waals surface area contributed by atoms with E-state index in [9.17, 15) is 0 Å². The molecular weight excluding hydrogens is 238 g/mol. The van der Waals surface area contributed by atoms with Crippen LogP contribution in [0.5, 0.6) is 5.75 Å². The molecule has 104 valence electrons. The first-order valence-electron chi connectivity index (χ1n) is 7.05. The van der Waals surface area contributed by atoms with Gasteiger partial charge in [-0.1, -0.05) is 20.8 Å². The van der Waals surface area contributed by atoms with E-state index in [2.05, 4.69) is 32.2 Å². The van der Waals surface area contributed by atoms with Crippen LogP contribution in [0.25, 0.3) is 11.0 Å². The third-order valence-electron chi connectivity index (χ3n) is 2.86. The maximum absolute atomic E-state index is 5.79. The molecule has 2 aromatic rings. The Morgan fingerprint density at radius 3 is 2.84 bits per heavy atom. The standard InChI is InChI=1S/C16H23NO2/c1-4-7-18-14-5-6-16-13(8-14)9-15(19-16)11-17-10-12(2)3/h5-6,8-9,12,17H,4,7,10-11H2,1-3H3. The average molecular weight is 261 g/mol. The number of hydrogen-bond donors (Lipinski definition) is 1. The number of benzene rings is 1. The Hall–Kier alpha value is -1.48. The molecule has 0 bridgehead atoms. The quantitative estimate of drug-likeness (QED) is 0.819. The average Bonchev–Trinajstić information content (AvgIpc) is 2.77. The first kappa shape index (κ1) is 13.9. The Morgan fingerprint density at radius 1 is 1.26 bits per heavy atom. The molecule has 1 aromatic heterocycles. The van der Waals surface area contributed by atoms with Crippen molar-refractivity contribution in [1.82, 2.24) is 5.32 Å². The molecule has 2 rings (SSSR count). The summed E-state index contributed by atoms with van der Waals surface area (Å²) < 4.78 is 11.4. The highest BCUT2D eigenvalue weighted by molar-refractivity contribution is 5.79. The Bertz CT molecular complexity index is 516. The molecule has 0 amide bonds. The first-order valence-corrected chi connectivity index (χ1v) is 7.05. The van der Waals surface area contributed by atoms with Gasteiger partial charge in [0, 0.05) is 5.39 Å². The number of rotatable bonds is 7. The Kier molecular flexibility index (Phi) is 4.86. The summed E-state index contributed by atoms with van der Waals surface area (Å²) in [7, 11) is 0. The normalized spacial score (nSPS) is 11.4. The topological polar surface area (TPSA) is 34.4 Å². The van der Waals surface area contributed by atoms with Gasteiger partial charge in [-0.15, -0.1) is 0 Å². The van der Waals surface area contributed by atoms with Crippen LogP contribution < -0.4 is 10.1 Å². The van der Waals surface area contributed by atoms with Gasteiger partial charge in [-0.05, 0) is 43.1 Å². The van der Waals surface area contributed by atoms with Gasteiger partial charge >= 0.3 is 0 Å². The minimum Gasteiger partial charge on any atom is -0.494 e. The molecule has 0 unspecified atom stereocenters. The second-order valence-corrected chi connectivity index (χ2v) is 5.29. The summed E-state index contributed by atoms with van der Waals surface area (Å²) in [5.41, 5.74) is 0.921. The Labute approximate surface area is 114 Å². The van der Waals surface area contributed by atoms with Crippen LogP contribution in [0.4, 0.5) is 0 Å². The van der Waals surface area contributed by atoms with Gasteiger partial charge in [-0.25, -0.2) is 0 Å². The van der Waals surface area contributed by atoms with Crippen LogP contribution in [-0.4, -0.2) is 13.2 Å². The maximum atomic E-state index is 5.79. The van der Waals surface area contributed by atoms with Gasteiger partial charge < -0.3 is 14.5 Å².